The van der Waals surface area contributed by atoms with Crippen molar-refractivity contribution in [3.8, 4) is 5.75 Å². The number of methoxy groups -OCH3 is 1. The average molecular weight is 378 g/mol. The molecule has 0 aliphatic heterocycles. The van der Waals surface area contributed by atoms with Crippen LogP contribution in [0.5, 0.6) is 5.75 Å². The van der Waals surface area contributed by atoms with E-state index in [2.05, 4.69) is 5.32 Å². The normalized spacial score (nSPS) is 11.9. The standard InChI is InChI=1S/C18H20ClN3O4/c1-12(13-5-4-6-14(19)9-13)21(2)11-18(23)20-16-8-7-15(22(24)25)10-17(16)26-3/h4-10,12H,11H2,1-3H3,(H,20,23). The van der Waals surface area contributed by atoms with E-state index in [1.165, 1.54) is 25.3 Å². The van der Waals surface area contributed by atoms with E-state index < -0.39 is 4.92 Å². The zero-order chi connectivity index (χ0) is 19.3. The molecule has 2 aromatic carbocycles. The van der Waals surface area contributed by atoms with E-state index in [9.17, 15) is 14.9 Å². The Morgan fingerprint density at radius 3 is 2.69 bits per heavy atom. The summed E-state index contributed by atoms with van der Waals surface area (Å²) in [7, 11) is 3.22. The molecule has 0 heterocycles. The Balaban J connectivity index is 2.05. The molecule has 1 N–H and O–H groups in total. The van der Waals surface area contributed by atoms with Crippen molar-refractivity contribution < 1.29 is 14.5 Å². The lowest BCUT2D eigenvalue weighted by atomic mass is 10.1. The number of anilines is 1. The highest BCUT2D eigenvalue weighted by molar-refractivity contribution is 6.30. The van der Waals surface area contributed by atoms with Crippen molar-refractivity contribution in [3.63, 3.8) is 0 Å². The molecule has 2 rings (SSSR count). The Morgan fingerprint density at radius 1 is 1.35 bits per heavy atom. The summed E-state index contributed by atoms with van der Waals surface area (Å²) in [6, 6.07) is 11.5. The van der Waals surface area contributed by atoms with Crippen molar-refractivity contribution >= 4 is 28.9 Å². The molecule has 0 aliphatic rings. The van der Waals surface area contributed by atoms with E-state index in [1.807, 2.05) is 37.1 Å². The second-order valence-electron chi connectivity index (χ2n) is 5.84. The smallest absolute Gasteiger partial charge is 0.273 e. The molecule has 1 unspecified atom stereocenters. The number of rotatable bonds is 7. The van der Waals surface area contributed by atoms with Crippen LogP contribution in [0.2, 0.25) is 5.02 Å². The second-order valence-corrected chi connectivity index (χ2v) is 6.27. The Labute approximate surface area is 156 Å². The number of amides is 1. The van der Waals surface area contributed by atoms with Gasteiger partial charge in [-0.2, -0.15) is 0 Å². The maximum atomic E-state index is 12.3. The lowest BCUT2D eigenvalue weighted by Gasteiger charge is -2.24. The first-order valence-electron chi connectivity index (χ1n) is 7.89. The van der Waals surface area contributed by atoms with Crippen LogP contribution in [0.1, 0.15) is 18.5 Å². The van der Waals surface area contributed by atoms with Gasteiger partial charge >= 0.3 is 0 Å². The van der Waals surface area contributed by atoms with Gasteiger partial charge in [-0.25, -0.2) is 0 Å². The summed E-state index contributed by atoms with van der Waals surface area (Å²) in [5.74, 6) is -0.0216. The monoisotopic (exact) mass is 377 g/mol. The number of hydrogen-bond donors (Lipinski definition) is 1. The number of non-ortho nitro benzene ring substituents is 1. The van der Waals surface area contributed by atoms with Crippen molar-refractivity contribution in [3.05, 3.63) is 63.2 Å². The van der Waals surface area contributed by atoms with Gasteiger partial charge in [-0.05, 0) is 37.7 Å². The van der Waals surface area contributed by atoms with Crippen LogP contribution in [0.25, 0.3) is 0 Å². The van der Waals surface area contributed by atoms with E-state index in [0.29, 0.717) is 10.7 Å². The van der Waals surface area contributed by atoms with Crippen molar-refractivity contribution in [2.24, 2.45) is 0 Å². The van der Waals surface area contributed by atoms with Gasteiger partial charge in [0.25, 0.3) is 5.69 Å². The summed E-state index contributed by atoms with van der Waals surface area (Å²) in [6.07, 6.45) is 0. The minimum absolute atomic E-state index is 0.0155. The SMILES string of the molecule is COc1cc([N+](=O)[O-])ccc1NC(=O)CN(C)C(C)c1cccc(Cl)c1. The van der Waals surface area contributed by atoms with Crippen LogP contribution in [0.3, 0.4) is 0 Å². The molecule has 0 aliphatic carbocycles. The molecule has 0 fully saturated rings. The van der Waals surface area contributed by atoms with Gasteiger partial charge in [0.2, 0.25) is 5.91 Å². The van der Waals surface area contributed by atoms with Crippen molar-refractivity contribution in [2.45, 2.75) is 13.0 Å². The van der Waals surface area contributed by atoms with Crippen LogP contribution < -0.4 is 10.1 Å². The molecule has 0 bridgehead atoms. The van der Waals surface area contributed by atoms with Crippen LogP contribution in [-0.2, 0) is 4.79 Å². The molecule has 8 heteroatoms. The van der Waals surface area contributed by atoms with Crippen LogP contribution in [-0.4, -0.2) is 36.4 Å². The number of nitrogens with one attached hydrogen (secondary N) is 1. The van der Waals surface area contributed by atoms with Gasteiger partial charge in [0, 0.05) is 17.1 Å². The molecule has 0 spiro atoms. The van der Waals surface area contributed by atoms with Crippen LogP contribution in [0.15, 0.2) is 42.5 Å². The lowest BCUT2D eigenvalue weighted by Crippen LogP contribution is -2.32. The van der Waals surface area contributed by atoms with Gasteiger partial charge in [0.1, 0.15) is 5.75 Å². The summed E-state index contributed by atoms with van der Waals surface area (Å²) in [5.41, 5.74) is 1.28. The molecule has 1 amide bonds. The molecule has 2 aromatic rings. The number of halogens is 1. The molecule has 138 valence electrons. The van der Waals surface area contributed by atoms with E-state index in [1.54, 1.807) is 6.07 Å². The third-order valence-electron chi connectivity index (χ3n) is 4.06. The molecular formula is C18H20ClN3O4. The topological polar surface area (TPSA) is 84.7 Å². The molecule has 0 radical (unpaired) electrons. The predicted octanol–water partition coefficient (Wildman–Crippen LogP) is 3.89. The lowest BCUT2D eigenvalue weighted by molar-refractivity contribution is -0.384. The maximum absolute atomic E-state index is 12.3. The number of ether oxygens (including phenoxy) is 1. The zero-order valence-corrected chi connectivity index (χ0v) is 15.5. The minimum atomic E-state index is -0.519. The van der Waals surface area contributed by atoms with Gasteiger partial charge in [0.15, 0.2) is 0 Å². The van der Waals surface area contributed by atoms with E-state index in [-0.39, 0.29) is 29.9 Å². The van der Waals surface area contributed by atoms with Crippen molar-refractivity contribution in [2.75, 3.05) is 26.0 Å². The fourth-order valence-corrected chi connectivity index (χ4v) is 2.67. The third kappa shape index (κ3) is 4.93. The molecule has 0 aromatic heterocycles. The van der Waals surface area contributed by atoms with Crippen LogP contribution in [0, 0.1) is 10.1 Å². The number of hydrogen-bond acceptors (Lipinski definition) is 5. The Morgan fingerprint density at radius 2 is 2.08 bits per heavy atom. The highest BCUT2D eigenvalue weighted by Crippen LogP contribution is 2.29. The molecule has 0 saturated carbocycles. The van der Waals surface area contributed by atoms with Gasteiger partial charge in [-0.1, -0.05) is 23.7 Å². The van der Waals surface area contributed by atoms with E-state index in [4.69, 9.17) is 16.3 Å². The van der Waals surface area contributed by atoms with Gasteiger partial charge in [-0.15, -0.1) is 0 Å². The Bertz CT molecular complexity index is 813. The number of nitrogens with zero attached hydrogens (tertiary/aromatic N) is 2. The quantitative estimate of drug-likeness (QED) is 0.584. The van der Waals surface area contributed by atoms with E-state index in [0.717, 1.165) is 5.56 Å². The fraction of sp³-hybridized carbons (Fsp3) is 0.278. The molecule has 1 atom stereocenters. The number of benzene rings is 2. The molecule has 7 nitrogen and oxygen atoms in total. The van der Waals surface area contributed by atoms with Crippen LogP contribution in [0.4, 0.5) is 11.4 Å². The predicted molar refractivity (Wildman–Crippen MR) is 101 cm³/mol. The Kier molecular flexibility index (Phi) is 6.54. The van der Waals surface area contributed by atoms with Crippen molar-refractivity contribution in [1.82, 2.24) is 4.90 Å². The first kappa shape index (κ1) is 19.7. The molecule has 26 heavy (non-hydrogen) atoms. The summed E-state index contributed by atoms with van der Waals surface area (Å²) >= 11 is 6.02. The highest BCUT2D eigenvalue weighted by Gasteiger charge is 2.17. The average Bonchev–Trinajstić information content (AvgIpc) is 2.61. The zero-order valence-electron chi connectivity index (χ0n) is 14.7. The first-order chi connectivity index (χ1) is 12.3. The summed E-state index contributed by atoms with van der Waals surface area (Å²) in [5, 5.41) is 14.2. The minimum Gasteiger partial charge on any atom is -0.494 e. The molecular weight excluding hydrogens is 358 g/mol. The second kappa shape index (κ2) is 8.64. The number of carbonyl (C=O) groups excluding carboxylic acids is 1. The number of carbonyl (C=O) groups is 1. The third-order valence-corrected chi connectivity index (χ3v) is 4.29. The maximum Gasteiger partial charge on any atom is 0.273 e. The van der Waals surface area contributed by atoms with Gasteiger partial charge in [0.05, 0.1) is 30.3 Å². The van der Waals surface area contributed by atoms with Gasteiger partial charge < -0.3 is 10.1 Å². The number of nitro groups is 1. The number of nitro benzene ring substituents is 1. The van der Waals surface area contributed by atoms with Gasteiger partial charge in [-0.3, -0.25) is 19.8 Å². The highest BCUT2D eigenvalue weighted by atomic mass is 35.5. The first-order valence-corrected chi connectivity index (χ1v) is 8.27. The largest absolute Gasteiger partial charge is 0.494 e. The fourth-order valence-electron chi connectivity index (χ4n) is 2.47. The van der Waals surface area contributed by atoms with Crippen LogP contribution >= 0.6 is 11.6 Å². The van der Waals surface area contributed by atoms with Crippen molar-refractivity contribution in [1.29, 1.82) is 0 Å². The van der Waals surface area contributed by atoms with E-state index >= 15 is 0 Å². The summed E-state index contributed by atoms with van der Waals surface area (Å²) in [6.45, 7) is 2.11. The number of likely N-dealkylation sites (N-methyl/N-ethyl adjacent to an activating group) is 1. The summed E-state index contributed by atoms with van der Waals surface area (Å²) < 4.78 is 5.12. The summed E-state index contributed by atoms with van der Waals surface area (Å²) in [4.78, 5) is 24.5. The Hall–Kier alpha value is -2.64. The molecule has 0 saturated heterocycles.